The van der Waals surface area contributed by atoms with Crippen molar-refractivity contribution in [2.75, 3.05) is 0 Å². The van der Waals surface area contributed by atoms with E-state index in [-0.39, 0.29) is 5.69 Å². The van der Waals surface area contributed by atoms with Gasteiger partial charge in [0.25, 0.3) is 5.69 Å². The topological polar surface area (TPSA) is 76.0 Å². The van der Waals surface area contributed by atoms with Gasteiger partial charge in [-0.1, -0.05) is 0 Å². The molecule has 0 amide bonds. The molecule has 0 fully saturated rings. The summed E-state index contributed by atoms with van der Waals surface area (Å²) < 4.78 is 0.535. The number of nitro groups is 1. The maximum Gasteiger partial charge on any atom is 0.271 e. The maximum atomic E-state index is 10.7. The summed E-state index contributed by atoms with van der Waals surface area (Å²) in [6.45, 7) is 0. The van der Waals surface area contributed by atoms with E-state index in [2.05, 4.69) is 20.9 Å². The fraction of sp³-hybridized carbons (Fsp3) is 0. The van der Waals surface area contributed by atoms with Crippen LogP contribution in [0.25, 0.3) is 10.9 Å². The molecule has 2 aromatic rings. The molecule has 0 radical (unpaired) electrons. The zero-order valence-corrected chi connectivity index (χ0v) is 8.95. The second-order valence-electron chi connectivity index (χ2n) is 2.96. The Labute approximate surface area is 92.4 Å². The molecule has 5 nitrogen and oxygen atoms in total. The lowest BCUT2D eigenvalue weighted by molar-refractivity contribution is -0.384. The summed E-state index contributed by atoms with van der Waals surface area (Å²) >= 11 is 3.17. The lowest BCUT2D eigenvalue weighted by Gasteiger charge is -1.91. The van der Waals surface area contributed by atoms with Crippen LogP contribution in [0.5, 0.6) is 0 Å². The van der Waals surface area contributed by atoms with Crippen molar-refractivity contribution in [2.24, 2.45) is 0 Å². The zero-order chi connectivity index (χ0) is 11.0. The van der Waals surface area contributed by atoms with Gasteiger partial charge < -0.3 is 4.98 Å². The highest BCUT2D eigenvalue weighted by molar-refractivity contribution is 9.10. The number of nitrogens with zero attached hydrogens (tertiary/aromatic N) is 1. The van der Waals surface area contributed by atoms with E-state index in [4.69, 9.17) is 0 Å². The monoisotopic (exact) mass is 268 g/mol. The van der Waals surface area contributed by atoms with E-state index in [1.165, 1.54) is 12.1 Å². The van der Waals surface area contributed by atoms with Gasteiger partial charge in [-0.2, -0.15) is 0 Å². The van der Waals surface area contributed by atoms with Gasteiger partial charge in [0, 0.05) is 17.5 Å². The standard InChI is InChI=1S/C9H5BrN2O3/c10-9-7(4-13)6-2-1-5(12(14)15)3-8(6)11-9/h1-4,11H. The van der Waals surface area contributed by atoms with Crippen molar-refractivity contribution in [3.8, 4) is 0 Å². The molecule has 1 N–H and O–H groups in total. The van der Waals surface area contributed by atoms with Gasteiger partial charge in [-0.05, 0) is 22.0 Å². The third-order valence-electron chi connectivity index (χ3n) is 2.10. The average molecular weight is 269 g/mol. The highest BCUT2D eigenvalue weighted by Gasteiger charge is 2.12. The summed E-state index contributed by atoms with van der Waals surface area (Å²) in [5, 5.41) is 11.2. The van der Waals surface area contributed by atoms with E-state index in [9.17, 15) is 14.9 Å². The van der Waals surface area contributed by atoms with Gasteiger partial charge in [0.15, 0.2) is 6.29 Å². The van der Waals surface area contributed by atoms with E-state index < -0.39 is 4.92 Å². The predicted octanol–water partition coefficient (Wildman–Crippen LogP) is 2.65. The Balaban J connectivity index is 2.75. The van der Waals surface area contributed by atoms with Crippen molar-refractivity contribution in [3.05, 3.63) is 38.5 Å². The van der Waals surface area contributed by atoms with Crippen molar-refractivity contribution in [1.82, 2.24) is 4.98 Å². The second kappa shape index (κ2) is 3.47. The largest absolute Gasteiger partial charge is 0.348 e. The fourth-order valence-corrected chi connectivity index (χ4v) is 1.92. The first-order chi connectivity index (χ1) is 7.13. The molecule has 0 saturated heterocycles. The molecule has 0 bridgehead atoms. The third-order valence-corrected chi connectivity index (χ3v) is 2.73. The minimum Gasteiger partial charge on any atom is -0.348 e. The molecule has 1 aromatic carbocycles. The minimum atomic E-state index is -0.477. The van der Waals surface area contributed by atoms with Crippen LogP contribution in [-0.4, -0.2) is 16.2 Å². The van der Waals surface area contributed by atoms with Crippen molar-refractivity contribution in [1.29, 1.82) is 0 Å². The minimum absolute atomic E-state index is 0.00583. The van der Waals surface area contributed by atoms with Crippen LogP contribution in [-0.2, 0) is 0 Å². The summed E-state index contributed by atoms with van der Waals surface area (Å²) in [5.74, 6) is 0. The highest BCUT2D eigenvalue weighted by Crippen LogP contribution is 2.27. The molecule has 76 valence electrons. The summed E-state index contributed by atoms with van der Waals surface area (Å²) in [7, 11) is 0. The molecule has 15 heavy (non-hydrogen) atoms. The number of H-pyrrole nitrogens is 1. The molecule has 1 heterocycles. The van der Waals surface area contributed by atoms with Crippen LogP contribution in [0.4, 0.5) is 5.69 Å². The van der Waals surface area contributed by atoms with Crippen LogP contribution in [0.2, 0.25) is 0 Å². The Morgan fingerprint density at radius 1 is 1.47 bits per heavy atom. The molecule has 0 atom stereocenters. The van der Waals surface area contributed by atoms with Gasteiger partial charge in [0.1, 0.15) is 0 Å². The summed E-state index contributed by atoms with van der Waals surface area (Å²) in [5.41, 5.74) is 1.03. The molecule has 0 saturated carbocycles. The van der Waals surface area contributed by atoms with Gasteiger partial charge in [-0.3, -0.25) is 14.9 Å². The molecule has 0 aliphatic carbocycles. The SMILES string of the molecule is O=Cc1c(Br)[nH]c2cc([N+](=O)[O-])ccc12. The molecule has 0 unspecified atom stereocenters. The Hall–Kier alpha value is -1.69. The van der Waals surface area contributed by atoms with Gasteiger partial charge in [-0.15, -0.1) is 0 Å². The van der Waals surface area contributed by atoms with Crippen LogP contribution in [0.15, 0.2) is 22.8 Å². The number of carbonyl (C=O) groups excluding carboxylic acids is 1. The first-order valence-electron chi connectivity index (χ1n) is 4.04. The van der Waals surface area contributed by atoms with Gasteiger partial charge >= 0.3 is 0 Å². The van der Waals surface area contributed by atoms with E-state index in [0.717, 1.165) is 0 Å². The number of halogens is 1. The van der Waals surface area contributed by atoms with Crippen LogP contribution < -0.4 is 0 Å². The molecule has 6 heteroatoms. The van der Waals surface area contributed by atoms with Crippen molar-refractivity contribution < 1.29 is 9.72 Å². The first-order valence-corrected chi connectivity index (χ1v) is 4.83. The molecule has 1 aromatic heterocycles. The number of aromatic amines is 1. The van der Waals surface area contributed by atoms with Crippen molar-refractivity contribution in [2.45, 2.75) is 0 Å². The van der Waals surface area contributed by atoms with Crippen molar-refractivity contribution >= 4 is 38.8 Å². The number of nitro benzene ring substituents is 1. The average Bonchev–Trinajstić information content (AvgIpc) is 2.51. The zero-order valence-electron chi connectivity index (χ0n) is 7.36. The van der Waals surface area contributed by atoms with E-state index in [1.807, 2.05) is 0 Å². The number of fused-ring (bicyclic) bond motifs is 1. The molecule has 0 aliphatic rings. The highest BCUT2D eigenvalue weighted by atomic mass is 79.9. The summed E-state index contributed by atoms with van der Waals surface area (Å²) in [6, 6.07) is 4.32. The van der Waals surface area contributed by atoms with Crippen LogP contribution in [0, 0.1) is 10.1 Å². The first kappa shape index (κ1) is 9.85. The molecule has 0 spiro atoms. The number of rotatable bonds is 2. The van der Waals surface area contributed by atoms with E-state index >= 15 is 0 Å². The fourth-order valence-electron chi connectivity index (χ4n) is 1.40. The summed E-state index contributed by atoms with van der Waals surface area (Å²) in [4.78, 5) is 23.6. The predicted molar refractivity (Wildman–Crippen MR) is 58.0 cm³/mol. The number of benzene rings is 1. The number of aromatic nitrogens is 1. The molecular formula is C9H5BrN2O3. The normalized spacial score (nSPS) is 10.5. The smallest absolute Gasteiger partial charge is 0.271 e. The number of hydrogen-bond acceptors (Lipinski definition) is 3. The van der Waals surface area contributed by atoms with Crippen LogP contribution in [0.3, 0.4) is 0 Å². The maximum absolute atomic E-state index is 10.7. The third kappa shape index (κ3) is 1.52. The molecular weight excluding hydrogens is 264 g/mol. The quantitative estimate of drug-likeness (QED) is 0.517. The number of nitrogens with one attached hydrogen (secondary N) is 1. The molecule has 2 rings (SSSR count). The number of aldehydes is 1. The van der Waals surface area contributed by atoms with Gasteiger partial charge in [0.2, 0.25) is 0 Å². The number of non-ortho nitro benzene ring substituents is 1. The van der Waals surface area contributed by atoms with Gasteiger partial charge in [-0.25, -0.2) is 0 Å². The van der Waals surface area contributed by atoms with E-state index in [0.29, 0.717) is 27.4 Å². The second-order valence-corrected chi connectivity index (χ2v) is 3.75. The number of carbonyl (C=O) groups is 1. The molecule has 0 aliphatic heterocycles. The number of hydrogen-bond donors (Lipinski definition) is 1. The Morgan fingerprint density at radius 2 is 2.20 bits per heavy atom. The van der Waals surface area contributed by atoms with Crippen molar-refractivity contribution in [3.63, 3.8) is 0 Å². The lowest BCUT2D eigenvalue weighted by atomic mass is 10.2. The Kier molecular flexibility index (Phi) is 2.28. The Bertz CT molecular complexity index is 562. The summed E-state index contributed by atoms with van der Waals surface area (Å²) in [6.07, 6.45) is 0.703. The van der Waals surface area contributed by atoms with Crippen LogP contribution in [0.1, 0.15) is 10.4 Å². The van der Waals surface area contributed by atoms with E-state index in [1.54, 1.807) is 6.07 Å². The Morgan fingerprint density at radius 3 is 2.80 bits per heavy atom. The van der Waals surface area contributed by atoms with Gasteiger partial charge in [0.05, 0.1) is 20.6 Å². The van der Waals surface area contributed by atoms with Crippen LogP contribution >= 0.6 is 15.9 Å². The lowest BCUT2D eigenvalue weighted by Crippen LogP contribution is -1.86.